The van der Waals surface area contributed by atoms with Crippen molar-refractivity contribution in [1.82, 2.24) is 5.32 Å². The lowest BCUT2D eigenvalue weighted by Gasteiger charge is -2.22. The Morgan fingerprint density at radius 2 is 1.85 bits per heavy atom. The minimum Gasteiger partial charge on any atom is -0.317 e. The molecule has 0 bridgehead atoms. The first-order valence-electron chi connectivity index (χ1n) is 7.96. The molecule has 0 unspecified atom stereocenters. The second-order valence-corrected chi connectivity index (χ2v) is 6.34. The predicted octanol–water partition coefficient (Wildman–Crippen LogP) is 3.70. The molecule has 1 heterocycles. The van der Waals surface area contributed by atoms with Gasteiger partial charge in [-0.3, -0.25) is 4.79 Å². The van der Waals surface area contributed by atoms with Gasteiger partial charge in [0, 0.05) is 12.8 Å². The fourth-order valence-electron chi connectivity index (χ4n) is 2.87. The van der Waals surface area contributed by atoms with Crippen LogP contribution in [0.4, 0.5) is 0 Å². The van der Waals surface area contributed by atoms with E-state index in [-0.39, 0.29) is 0 Å². The summed E-state index contributed by atoms with van der Waals surface area (Å²) in [5, 5.41) is 3.37. The van der Waals surface area contributed by atoms with E-state index >= 15 is 0 Å². The molecule has 2 heteroatoms. The largest absolute Gasteiger partial charge is 0.317 e. The number of Topliss-reactive ketones (excluding diaryl/α,β-unsaturated/α-hetero) is 1. The van der Waals surface area contributed by atoms with Gasteiger partial charge in [0.1, 0.15) is 5.78 Å². The third-order valence-electron chi connectivity index (χ3n) is 4.34. The molecule has 0 aromatic heterocycles. The van der Waals surface area contributed by atoms with Crippen LogP contribution >= 0.6 is 0 Å². The molecule has 2 rings (SSSR count). The fourth-order valence-corrected chi connectivity index (χ4v) is 2.87. The molecule has 0 radical (unpaired) electrons. The summed E-state index contributed by atoms with van der Waals surface area (Å²) in [5.74, 6) is 1.70. The summed E-state index contributed by atoms with van der Waals surface area (Å²) in [6.45, 7) is 6.63. The van der Waals surface area contributed by atoms with Crippen LogP contribution in [0.25, 0.3) is 0 Å². The van der Waals surface area contributed by atoms with Crippen LogP contribution in [0.15, 0.2) is 24.3 Å². The Hall–Kier alpha value is -1.15. The van der Waals surface area contributed by atoms with E-state index in [2.05, 4.69) is 43.4 Å². The van der Waals surface area contributed by atoms with Gasteiger partial charge in [-0.05, 0) is 55.3 Å². The highest BCUT2D eigenvalue weighted by Crippen LogP contribution is 2.19. The lowest BCUT2D eigenvalue weighted by molar-refractivity contribution is -0.118. The molecule has 1 aromatic carbocycles. The van der Waals surface area contributed by atoms with Crippen molar-refractivity contribution < 1.29 is 4.79 Å². The van der Waals surface area contributed by atoms with Gasteiger partial charge in [0.15, 0.2) is 0 Å². The summed E-state index contributed by atoms with van der Waals surface area (Å²) in [6, 6.07) is 8.52. The van der Waals surface area contributed by atoms with Crippen LogP contribution in [0, 0.1) is 5.92 Å². The zero-order valence-corrected chi connectivity index (χ0v) is 12.8. The van der Waals surface area contributed by atoms with Gasteiger partial charge in [-0.25, -0.2) is 0 Å². The number of ketones is 1. The number of hydrogen-bond acceptors (Lipinski definition) is 2. The molecule has 0 saturated carbocycles. The van der Waals surface area contributed by atoms with Crippen LogP contribution < -0.4 is 5.32 Å². The SMILES string of the molecule is CC(C)c1ccc(CC(=O)CCC2CCNCC2)cc1. The van der Waals surface area contributed by atoms with Crippen LogP contribution in [0.3, 0.4) is 0 Å². The van der Waals surface area contributed by atoms with Crippen molar-refractivity contribution in [2.75, 3.05) is 13.1 Å². The summed E-state index contributed by atoms with van der Waals surface area (Å²) < 4.78 is 0. The fraction of sp³-hybridized carbons (Fsp3) is 0.611. The van der Waals surface area contributed by atoms with Crippen molar-refractivity contribution in [3.8, 4) is 0 Å². The molecule has 20 heavy (non-hydrogen) atoms. The Bertz CT molecular complexity index is 416. The zero-order chi connectivity index (χ0) is 14.4. The van der Waals surface area contributed by atoms with Gasteiger partial charge in [0.25, 0.3) is 0 Å². The van der Waals surface area contributed by atoms with Crippen molar-refractivity contribution in [2.24, 2.45) is 5.92 Å². The summed E-state index contributed by atoms with van der Waals surface area (Å²) in [4.78, 5) is 12.1. The van der Waals surface area contributed by atoms with Crippen molar-refractivity contribution in [3.63, 3.8) is 0 Å². The van der Waals surface area contributed by atoms with E-state index in [1.54, 1.807) is 0 Å². The van der Waals surface area contributed by atoms with Gasteiger partial charge in [-0.15, -0.1) is 0 Å². The molecular weight excluding hydrogens is 246 g/mol. The average molecular weight is 273 g/mol. The molecular formula is C18H27NO. The van der Waals surface area contributed by atoms with Gasteiger partial charge in [0.2, 0.25) is 0 Å². The van der Waals surface area contributed by atoms with Gasteiger partial charge >= 0.3 is 0 Å². The maximum Gasteiger partial charge on any atom is 0.137 e. The van der Waals surface area contributed by atoms with Crippen molar-refractivity contribution in [2.45, 2.75) is 51.9 Å². The minimum absolute atomic E-state index is 0.390. The molecule has 0 aliphatic carbocycles. The predicted molar refractivity (Wildman–Crippen MR) is 84.1 cm³/mol. The summed E-state index contributed by atoms with van der Waals surface area (Å²) in [5.41, 5.74) is 2.50. The van der Waals surface area contributed by atoms with E-state index in [9.17, 15) is 4.79 Å². The van der Waals surface area contributed by atoms with Gasteiger partial charge in [-0.2, -0.15) is 0 Å². The highest BCUT2D eigenvalue weighted by atomic mass is 16.1. The van der Waals surface area contributed by atoms with Gasteiger partial charge in [-0.1, -0.05) is 38.1 Å². The first-order chi connectivity index (χ1) is 9.65. The lowest BCUT2D eigenvalue weighted by Crippen LogP contribution is -2.28. The monoisotopic (exact) mass is 273 g/mol. The maximum absolute atomic E-state index is 12.1. The van der Waals surface area contributed by atoms with Crippen molar-refractivity contribution in [3.05, 3.63) is 35.4 Å². The molecule has 0 atom stereocenters. The highest BCUT2D eigenvalue weighted by Gasteiger charge is 2.14. The second-order valence-electron chi connectivity index (χ2n) is 6.34. The Morgan fingerprint density at radius 1 is 1.20 bits per heavy atom. The lowest BCUT2D eigenvalue weighted by atomic mass is 9.91. The van der Waals surface area contributed by atoms with Crippen LogP contribution in [0.2, 0.25) is 0 Å². The highest BCUT2D eigenvalue weighted by molar-refractivity contribution is 5.80. The second kappa shape index (κ2) is 7.58. The maximum atomic E-state index is 12.1. The van der Waals surface area contributed by atoms with Gasteiger partial charge in [0.05, 0.1) is 0 Å². The Balaban J connectivity index is 1.75. The molecule has 1 aliphatic rings. The number of rotatable bonds is 6. The molecule has 110 valence electrons. The summed E-state index contributed by atoms with van der Waals surface area (Å²) in [7, 11) is 0. The standard InChI is InChI=1S/C18H27NO/c1-14(2)17-6-3-16(4-7-17)13-18(20)8-5-15-9-11-19-12-10-15/h3-4,6-7,14-15,19H,5,8-13H2,1-2H3. The number of hydrogen-bond donors (Lipinski definition) is 1. The first kappa shape index (κ1) is 15.2. The minimum atomic E-state index is 0.390. The molecule has 1 N–H and O–H groups in total. The normalized spacial score (nSPS) is 16.6. The van der Waals surface area contributed by atoms with Crippen LogP contribution in [0.1, 0.15) is 56.6 Å². The van der Waals surface area contributed by atoms with Gasteiger partial charge < -0.3 is 5.32 Å². The third kappa shape index (κ3) is 4.75. The Kier molecular flexibility index (Phi) is 5.78. The molecule has 2 nitrogen and oxygen atoms in total. The molecule has 1 aromatic rings. The third-order valence-corrected chi connectivity index (χ3v) is 4.34. The van der Waals surface area contributed by atoms with Crippen LogP contribution in [-0.2, 0) is 11.2 Å². The topological polar surface area (TPSA) is 29.1 Å². The molecule has 0 amide bonds. The van der Waals surface area contributed by atoms with Crippen molar-refractivity contribution in [1.29, 1.82) is 0 Å². The average Bonchev–Trinajstić information content (AvgIpc) is 2.47. The van der Waals surface area contributed by atoms with E-state index in [1.165, 1.54) is 18.4 Å². The molecule has 1 saturated heterocycles. The number of benzene rings is 1. The number of carbonyl (C=O) groups is 1. The van der Waals surface area contributed by atoms with Crippen LogP contribution in [-0.4, -0.2) is 18.9 Å². The molecule has 1 aliphatic heterocycles. The first-order valence-corrected chi connectivity index (χ1v) is 7.96. The Morgan fingerprint density at radius 3 is 2.45 bits per heavy atom. The van der Waals surface area contributed by atoms with E-state index in [1.807, 2.05) is 0 Å². The number of carbonyl (C=O) groups excluding carboxylic acids is 1. The van der Waals surface area contributed by atoms with E-state index in [0.717, 1.165) is 37.4 Å². The zero-order valence-electron chi connectivity index (χ0n) is 12.8. The van der Waals surface area contributed by atoms with E-state index in [4.69, 9.17) is 0 Å². The molecule has 1 fully saturated rings. The Labute approximate surface area is 123 Å². The summed E-state index contributed by atoms with van der Waals surface area (Å²) in [6.07, 6.45) is 4.89. The van der Waals surface area contributed by atoms with Crippen LogP contribution in [0.5, 0.6) is 0 Å². The van der Waals surface area contributed by atoms with Crippen molar-refractivity contribution >= 4 is 5.78 Å². The van der Waals surface area contributed by atoms with E-state index < -0.39 is 0 Å². The number of nitrogens with one attached hydrogen (secondary N) is 1. The quantitative estimate of drug-likeness (QED) is 0.856. The summed E-state index contributed by atoms with van der Waals surface area (Å²) >= 11 is 0. The molecule has 0 spiro atoms. The van der Waals surface area contributed by atoms with E-state index in [0.29, 0.717) is 18.1 Å². The number of piperidine rings is 1. The smallest absolute Gasteiger partial charge is 0.137 e.